The van der Waals surface area contributed by atoms with E-state index in [9.17, 15) is 4.79 Å². The molecule has 0 aromatic carbocycles. The zero-order valence-electron chi connectivity index (χ0n) is 12.4. The van der Waals surface area contributed by atoms with Crippen LogP contribution in [0.1, 0.15) is 37.0 Å². The third-order valence-corrected chi connectivity index (χ3v) is 3.11. The van der Waals surface area contributed by atoms with Crippen LogP contribution in [0.25, 0.3) is 0 Å². The number of carbonyl (C=O) groups is 1. The number of hydrogen-bond donors (Lipinski definition) is 3. The van der Waals surface area contributed by atoms with Crippen LogP contribution in [-0.4, -0.2) is 36.1 Å². The fourth-order valence-electron chi connectivity index (χ4n) is 2.22. The maximum atomic E-state index is 12.3. The molecule has 0 saturated carbocycles. The number of halogens is 2. The first-order valence-electron chi connectivity index (χ1n) is 6.90. The molecule has 0 aliphatic carbocycles. The maximum absolute atomic E-state index is 12.3. The van der Waals surface area contributed by atoms with Gasteiger partial charge in [0.1, 0.15) is 5.82 Å². The van der Waals surface area contributed by atoms with E-state index in [1.54, 1.807) is 12.3 Å². The molecule has 1 aliphatic rings. The lowest BCUT2D eigenvalue weighted by atomic mass is 10.1. The summed E-state index contributed by atoms with van der Waals surface area (Å²) in [6.45, 7) is 5.95. The number of anilines is 1. The van der Waals surface area contributed by atoms with Gasteiger partial charge in [0.2, 0.25) is 0 Å². The lowest BCUT2D eigenvalue weighted by Gasteiger charge is -2.24. The average Bonchev–Trinajstić information content (AvgIpc) is 2.39. The summed E-state index contributed by atoms with van der Waals surface area (Å²) < 4.78 is 0. The summed E-state index contributed by atoms with van der Waals surface area (Å²) in [4.78, 5) is 16.5. The Hall–Kier alpha value is -1.04. The molecule has 1 saturated heterocycles. The van der Waals surface area contributed by atoms with Crippen LogP contribution in [0, 0.1) is 0 Å². The van der Waals surface area contributed by atoms with Gasteiger partial charge in [-0.05, 0) is 45.4 Å². The second-order valence-electron chi connectivity index (χ2n) is 5.22. The van der Waals surface area contributed by atoms with E-state index < -0.39 is 0 Å². The molecule has 0 bridgehead atoms. The van der Waals surface area contributed by atoms with Crippen molar-refractivity contribution in [2.24, 2.45) is 0 Å². The molecular weight excluding hydrogens is 311 g/mol. The number of hydrogen-bond acceptors (Lipinski definition) is 4. The molecule has 2 rings (SSSR count). The predicted molar refractivity (Wildman–Crippen MR) is 90.8 cm³/mol. The number of carbonyl (C=O) groups excluding carboxylic acids is 1. The minimum Gasteiger partial charge on any atom is -0.367 e. The van der Waals surface area contributed by atoms with Crippen molar-refractivity contribution in [3.05, 3.63) is 23.9 Å². The number of nitrogens with one attached hydrogen (secondary N) is 3. The summed E-state index contributed by atoms with van der Waals surface area (Å²) in [7, 11) is 0. The lowest BCUT2D eigenvalue weighted by Crippen LogP contribution is -2.45. The Morgan fingerprint density at radius 2 is 2.19 bits per heavy atom. The Bertz CT molecular complexity index is 437. The highest BCUT2D eigenvalue weighted by atomic mass is 35.5. The smallest absolute Gasteiger partial charge is 0.255 e. The molecule has 21 heavy (non-hydrogen) atoms. The predicted octanol–water partition coefficient (Wildman–Crippen LogP) is 2.23. The SMILES string of the molecule is CC(C)Nc1ncccc1C(=O)N[C@H]1CCCNC1.Cl.Cl. The maximum Gasteiger partial charge on any atom is 0.255 e. The highest BCUT2D eigenvalue weighted by Crippen LogP contribution is 2.13. The molecule has 1 aromatic heterocycles. The van der Waals surface area contributed by atoms with Crippen molar-refractivity contribution >= 4 is 36.5 Å². The van der Waals surface area contributed by atoms with Crippen LogP contribution in [-0.2, 0) is 0 Å². The fraction of sp³-hybridized carbons (Fsp3) is 0.571. The monoisotopic (exact) mass is 334 g/mol. The topological polar surface area (TPSA) is 66.0 Å². The van der Waals surface area contributed by atoms with Crippen molar-refractivity contribution < 1.29 is 4.79 Å². The molecule has 0 spiro atoms. The first-order valence-corrected chi connectivity index (χ1v) is 6.90. The van der Waals surface area contributed by atoms with E-state index in [0.717, 1.165) is 25.9 Å². The first kappa shape index (κ1) is 20.0. The molecule has 2 heterocycles. The molecule has 1 amide bonds. The third kappa shape index (κ3) is 6.08. The fourth-order valence-corrected chi connectivity index (χ4v) is 2.22. The highest BCUT2D eigenvalue weighted by Gasteiger charge is 2.18. The summed E-state index contributed by atoms with van der Waals surface area (Å²) >= 11 is 0. The van der Waals surface area contributed by atoms with Gasteiger partial charge in [0.05, 0.1) is 5.56 Å². The van der Waals surface area contributed by atoms with E-state index >= 15 is 0 Å². The standard InChI is InChI=1S/C14H22N4O.2ClH/c1-10(2)17-13-12(6-4-8-16-13)14(19)18-11-5-3-7-15-9-11;;/h4,6,8,10-11,15H,3,5,7,9H2,1-2H3,(H,16,17)(H,18,19);2*1H/t11-;;/m0../s1. The Morgan fingerprint density at radius 3 is 2.81 bits per heavy atom. The minimum atomic E-state index is -0.0510. The van der Waals surface area contributed by atoms with Crippen molar-refractivity contribution in [2.75, 3.05) is 18.4 Å². The van der Waals surface area contributed by atoms with E-state index in [1.165, 1.54) is 0 Å². The molecule has 7 heteroatoms. The van der Waals surface area contributed by atoms with Crippen LogP contribution < -0.4 is 16.0 Å². The largest absolute Gasteiger partial charge is 0.367 e. The number of rotatable bonds is 4. The Labute approximate surface area is 138 Å². The second kappa shape index (κ2) is 9.82. The van der Waals surface area contributed by atoms with Crippen LogP contribution in [0.2, 0.25) is 0 Å². The second-order valence-corrected chi connectivity index (χ2v) is 5.22. The van der Waals surface area contributed by atoms with Crippen LogP contribution >= 0.6 is 24.8 Å². The molecular formula is C14H24Cl2N4O. The number of nitrogens with zero attached hydrogens (tertiary/aromatic N) is 1. The third-order valence-electron chi connectivity index (χ3n) is 3.11. The average molecular weight is 335 g/mol. The quantitative estimate of drug-likeness (QED) is 0.789. The van der Waals surface area contributed by atoms with Crippen molar-refractivity contribution in [3.63, 3.8) is 0 Å². The van der Waals surface area contributed by atoms with Gasteiger partial charge in [-0.2, -0.15) is 0 Å². The molecule has 3 N–H and O–H groups in total. The van der Waals surface area contributed by atoms with E-state index in [2.05, 4.69) is 20.9 Å². The van der Waals surface area contributed by atoms with Gasteiger partial charge >= 0.3 is 0 Å². The number of piperidine rings is 1. The van der Waals surface area contributed by atoms with Gasteiger partial charge in [-0.15, -0.1) is 24.8 Å². The lowest BCUT2D eigenvalue weighted by molar-refractivity contribution is 0.0931. The molecule has 1 aliphatic heterocycles. The number of amides is 1. The van der Waals surface area contributed by atoms with Crippen LogP contribution in [0.3, 0.4) is 0 Å². The molecule has 5 nitrogen and oxygen atoms in total. The van der Waals surface area contributed by atoms with Crippen molar-refractivity contribution in [2.45, 2.75) is 38.8 Å². The number of aromatic nitrogens is 1. The molecule has 0 unspecified atom stereocenters. The van der Waals surface area contributed by atoms with Gasteiger partial charge in [-0.25, -0.2) is 4.98 Å². The van der Waals surface area contributed by atoms with Gasteiger partial charge in [0.15, 0.2) is 0 Å². The van der Waals surface area contributed by atoms with E-state index in [-0.39, 0.29) is 42.8 Å². The normalized spacial score (nSPS) is 17.4. The molecule has 120 valence electrons. The van der Waals surface area contributed by atoms with Gasteiger partial charge in [-0.1, -0.05) is 0 Å². The van der Waals surface area contributed by atoms with Crippen LogP contribution in [0.4, 0.5) is 5.82 Å². The van der Waals surface area contributed by atoms with Crippen molar-refractivity contribution in [1.82, 2.24) is 15.6 Å². The Morgan fingerprint density at radius 1 is 1.43 bits per heavy atom. The van der Waals surface area contributed by atoms with Crippen molar-refractivity contribution in [3.8, 4) is 0 Å². The molecule has 1 atom stereocenters. The Kier molecular flexibility index (Phi) is 9.33. The van der Waals surface area contributed by atoms with Crippen LogP contribution in [0.15, 0.2) is 18.3 Å². The summed E-state index contributed by atoms with van der Waals surface area (Å²) in [5.74, 6) is 0.601. The highest BCUT2D eigenvalue weighted by molar-refractivity contribution is 5.98. The van der Waals surface area contributed by atoms with Crippen molar-refractivity contribution in [1.29, 1.82) is 0 Å². The summed E-state index contributed by atoms with van der Waals surface area (Å²) in [6.07, 6.45) is 3.84. The van der Waals surface area contributed by atoms with Crippen LogP contribution in [0.5, 0.6) is 0 Å². The zero-order chi connectivity index (χ0) is 13.7. The van der Waals surface area contributed by atoms with Gasteiger partial charge in [0.25, 0.3) is 5.91 Å². The van der Waals surface area contributed by atoms with E-state index in [4.69, 9.17) is 0 Å². The summed E-state index contributed by atoms with van der Waals surface area (Å²) in [5, 5.41) is 9.56. The molecule has 0 radical (unpaired) electrons. The zero-order valence-corrected chi connectivity index (χ0v) is 14.0. The van der Waals surface area contributed by atoms with E-state index in [0.29, 0.717) is 11.4 Å². The minimum absolute atomic E-state index is 0. The summed E-state index contributed by atoms with van der Waals surface area (Å²) in [5.41, 5.74) is 0.613. The Balaban J connectivity index is 0.00000200. The molecule has 1 fully saturated rings. The van der Waals surface area contributed by atoms with Gasteiger partial charge in [0, 0.05) is 24.8 Å². The van der Waals surface area contributed by atoms with E-state index in [1.807, 2.05) is 19.9 Å². The number of pyridine rings is 1. The van der Waals surface area contributed by atoms with Gasteiger partial charge < -0.3 is 16.0 Å². The first-order chi connectivity index (χ1) is 9.16. The van der Waals surface area contributed by atoms with Gasteiger partial charge in [-0.3, -0.25) is 4.79 Å². The molecule has 1 aromatic rings. The summed E-state index contributed by atoms with van der Waals surface area (Å²) in [6, 6.07) is 4.06.